The number of nitrogens with one attached hydrogen (secondary N) is 2. The maximum Gasteiger partial charge on any atom is 0.230 e. The summed E-state index contributed by atoms with van der Waals surface area (Å²) in [4.78, 5) is 16.3. The first-order valence-electron chi connectivity index (χ1n) is 8.43. The molecule has 0 spiro atoms. The fourth-order valence-corrected chi connectivity index (χ4v) is 3.44. The summed E-state index contributed by atoms with van der Waals surface area (Å²) in [5, 5.41) is 4.16. The van der Waals surface area contributed by atoms with Crippen molar-refractivity contribution >= 4 is 16.8 Å². The number of aromatic amines is 1. The molecule has 2 aromatic carbocycles. The lowest BCUT2D eigenvalue weighted by Crippen LogP contribution is -2.40. The van der Waals surface area contributed by atoms with Crippen molar-refractivity contribution in [2.24, 2.45) is 0 Å². The molecule has 4 heteroatoms. The first kappa shape index (κ1) is 17.1. The number of benzene rings is 2. The van der Waals surface area contributed by atoms with E-state index in [9.17, 15) is 4.79 Å². The summed E-state index contributed by atoms with van der Waals surface area (Å²) in [5.74, 6) is 0.773. The molecule has 25 heavy (non-hydrogen) atoms. The number of H-pyrrole nitrogens is 1. The third-order valence-electron chi connectivity index (χ3n) is 4.72. The minimum absolute atomic E-state index is 0.00809. The van der Waals surface area contributed by atoms with E-state index in [0.717, 1.165) is 33.5 Å². The van der Waals surface area contributed by atoms with E-state index in [1.807, 2.05) is 63.2 Å². The highest BCUT2D eigenvalue weighted by atomic mass is 16.5. The van der Waals surface area contributed by atoms with Crippen LogP contribution < -0.4 is 10.1 Å². The van der Waals surface area contributed by atoms with Crippen LogP contribution in [0.1, 0.15) is 30.7 Å². The van der Waals surface area contributed by atoms with Crippen LogP contribution in [0, 0.1) is 6.92 Å². The van der Waals surface area contributed by atoms with Crippen molar-refractivity contribution in [2.75, 3.05) is 7.11 Å². The van der Waals surface area contributed by atoms with Gasteiger partial charge in [-0.3, -0.25) is 4.79 Å². The molecule has 0 aliphatic heterocycles. The molecule has 3 rings (SSSR count). The predicted octanol–water partition coefficient (Wildman–Crippen LogP) is 4.08. The third-order valence-corrected chi connectivity index (χ3v) is 4.72. The van der Waals surface area contributed by atoms with Gasteiger partial charge in [-0.1, -0.05) is 36.4 Å². The molecule has 0 saturated carbocycles. The lowest BCUT2D eigenvalue weighted by atomic mass is 9.81. The van der Waals surface area contributed by atoms with Gasteiger partial charge in [0.15, 0.2) is 0 Å². The molecule has 0 atom stereocenters. The molecular formula is C21H24N2O2. The Hall–Kier alpha value is -2.75. The largest absolute Gasteiger partial charge is 0.496 e. The molecule has 1 aromatic heterocycles. The van der Waals surface area contributed by atoms with Gasteiger partial charge in [0.25, 0.3) is 0 Å². The molecule has 0 aliphatic carbocycles. The lowest BCUT2D eigenvalue weighted by molar-refractivity contribution is -0.125. The van der Waals surface area contributed by atoms with E-state index in [1.54, 1.807) is 7.11 Å². The summed E-state index contributed by atoms with van der Waals surface area (Å²) in [7, 11) is 1.64. The van der Waals surface area contributed by atoms with Crippen LogP contribution >= 0.6 is 0 Å². The van der Waals surface area contributed by atoms with E-state index in [0.29, 0.717) is 6.54 Å². The van der Waals surface area contributed by atoms with Gasteiger partial charge in [-0.2, -0.15) is 0 Å². The second-order valence-corrected chi connectivity index (χ2v) is 6.79. The molecule has 130 valence electrons. The molecule has 3 aromatic rings. The molecule has 0 saturated heterocycles. The summed E-state index contributed by atoms with van der Waals surface area (Å²) < 4.78 is 5.36. The zero-order chi connectivity index (χ0) is 18.0. The van der Waals surface area contributed by atoms with Crippen LogP contribution in [0.2, 0.25) is 0 Å². The Balaban J connectivity index is 1.86. The van der Waals surface area contributed by atoms with Crippen LogP contribution in [0.3, 0.4) is 0 Å². The van der Waals surface area contributed by atoms with E-state index in [1.165, 1.54) is 0 Å². The highest BCUT2D eigenvalue weighted by Gasteiger charge is 2.33. The Morgan fingerprint density at radius 3 is 2.56 bits per heavy atom. The Morgan fingerprint density at radius 2 is 1.80 bits per heavy atom. The summed E-state index contributed by atoms with van der Waals surface area (Å²) in [6, 6.07) is 15.8. The summed E-state index contributed by atoms with van der Waals surface area (Å²) in [6.07, 6.45) is 0. The quantitative estimate of drug-likeness (QED) is 0.738. The molecule has 0 aliphatic rings. The number of hydrogen-bond acceptors (Lipinski definition) is 2. The second-order valence-electron chi connectivity index (χ2n) is 6.79. The Bertz CT molecular complexity index is 909. The normalized spacial score (nSPS) is 11.5. The number of fused-ring (bicyclic) bond motifs is 1. The maximum absolute atomic E-state index is 13.0. The van der Waals surface area contributed by atoms with E-state index in [2.05, 4.69) is 16.4 Å². The van der Waals surface area contributed by atoms with Crippen LogP contribution in [0.25, 0.3) is 10.9 Å². The standard InChI is InChI=1S/C21H24N2O2/c1-14-19(16-10-6-7-11-17(16)23-14)21(2,3)20(24)22-13-15-9-5-8-12-18(15)25-4/h5-12,23H,13H2,1-4H3,(H,22,24). The van der Waals surface area contributed by atoms with Crippen molar-refractivity contribution in [1.82, 2.24) is 10.3 Å². The van der Waals surface area contributed by atoms with Crippen LogP contribution in [0.15, 0.2) is 48.5 Å². The molecule has 0 fully saturated rings. The summed E-state index contributed by atoms with van der Waals surface area (Å²) in [6.45, 7) is 6.39. The number of hydrogen-bond donors (Lipinski definition) is 2. The molecule has 0 bridgehead atoms. The molecule has 1 heterocycles. The van der Waals surface area contributed by atoms with Gasteiger partial charge >= 0.3 is 0 Å². The highest BCUT2D eigenvalue weighted by molar-refractivity contribution is 5.95. The number of aryl methyl sites for hydroxylation is 1. The second kappa shape index (κ2) is 6.63. The molecule has 2 N–H and O–H groups in total. The summed E-state index contributed by atoms with van der Waals surface area (Å²) in [5.41, 5.74) is 3.44. The maximum atomic E-state index is 13.0. The fraction of sp³-hybridized carbons (Fsp3) is 0.286. The van der Waals surface area contributed by atoms with Crippen molar-refractivity contribution in [3.05, 3.63) is 65.4 Å². The number of ether oxygens (including phenoxy) is 1. The van der Waals surface area contributed by atoms with E-state index < -0.39 is 5.41 Å². The minimum Gasteiger partial charge on any atom is -0.496 e. The minimum atomic E-state index is -0.647. The first-order chi connectivity index (χ1) is 11.9. The average Bonchev–Trinajstić information content (AvgIpc) is 2.96. The van der Waals surface area contributed by atoms with Crippen LogP contribution in [-0.2, 0) is 16.8 Å². The molecular weight excluding hydrogens is 312 g/mol. The number of carbonyl (C=O) groups excluding carboxylic acids is 1. The van der Waals surface area contributed by atoms with Gasteiger partial charge in [-0.25, -0.2) is 0 Å². The van der Waals surface area contributed by atoms with Crippen LogP contribution in [0.4, 0.5) is 0 Å². The van der Waals surface area contributed by atoms with Crippen molar-refractivity contribution in [2.45, 2.75) is 32.7 Å². The zero-order valence-corrected chi connectivity index (χ0v) is 15.1. The summed E-state index contributed by atoms with van der Waals surface area (Å²) >= 11 is 0. The number of para-hydroxylation sites is 2. The number of amides is 1. The van der Waals surface area contributed by atoms with E-state index in [-0.39, 0.29) is 5.91 Å². The number of aromatic nitrogens is 1. The number of carbonyl (C=O) groups is 1. The van der Waals surface area contributed by atoms with E-state index in [4.69, 9.17) is 4.74 Å². The van der Waals surface area contributed by atoms with Gasteiger partial charge in [0, 0.05) is 28.7 Å². The SMILES string of the molecule is COc1ccccc1CNC(=O)C(C)(C)c1c(C)[nH]c2ccccc12. The van der Waals surface area contributed by atoms with Crippen molar-refractivity contribution < 1.29 is 9.53 Å². The van der Waals surface area contributed by atoms with E-state index >= 15 is 0 Å². The fourth-order valence-electron chi connectivity index (χ4n) is 3.44. The van der Waals surface area contributed by atoms with Gasteiger partial charge in [0.1, 0.15) is 5.75 Å². The Kier molecular flexibility index (Phi) is 4.53. The van der Waals surface area contributed by atoms with Gasteiger partial charge in [-0.15, -0.1) is 0 Å². The zero-order valence-electron chi connectivity index (χ0n) is 15.1. The smallest absolute Gasteiger partial charge is 0.230 e. The average molecular weight is 336 g/mol. The van der Waals surface area contributed by atoms with Crippen molar-refractivity contribution in [3.63, 3.8) is 0 Å². The van der Waals surface area contributed by atoms with Gasteiger partial charge in [0.2, 0.25) is 5.91 Å². The third kappa shape index (κ3) is 3.12. The van der Waals surface area contributed by atoms with Crippen LogP contribution in [-0.4, -0.2) is 18.0 Å². The number of rotatable bonds is 5. The van der Waals surface area contributed by atoms with Crippen LogP contribution in [0.5, 0.6) is 5.75 Å². The predicted molar refractivity (Wildman–Crippen MR) is 101 cm³/mol. The lowest BCUT2D eigenvalue weighted by Gasteiger charge is -2.25. The molecule has 0 unspecified atom stereocenters. The highest BCUT2D eigenvalue weighted by Crippen LogP contribution is 2.33. The monoisotopic (exact) mass is 336 g/mol. The Morgan fingerprint density at radius 1 is 1.12 bits per heavy atom. The first-order valence-corrected chi connectivity index (χ1v) is 8.43. The van der Waals surface area contributed by atoms with Gasteiger partial charge < -0.3 is 15.0 Å². The molecule has 0 radical (unpaired) electrons. The van der Waals surface area contributed by atoms with Crippen molar-refractivity contribution in [3.8, 4) is 5.75 Å². The Labute approximate surface area is 148 Å². The van der Waals surface area contributed by atoms with Gasteiger partial charge in [0.05, 0.1) is 12.5 Å². The van der Waals surface area contributed by atoms with Gasteiger partial charge in [-0.05, 0) is 38.5 Å². The molecule has 1 amide bonds. The number of methoxy groups -OCH3 is 1. The van der Waals surface area contributed by atoms with Crippen molar-refractivity contribution in [1.29, 1.82) is 0 Å². The molecule has 4 nitrogen and oxygen atoms in total. The topological polar surface area (TPSA) is 54.1 Å².